The lowest BCUT2D eigenvalue weighted by atomic mass is 10.1. The van der Waals surface area contributed by atoms with Crippen molar-refractivity contribution < 1.29 is 38.2 Å². The van der Waals surface area contributed by atoms with Crippen LogP contribution < -0.4 is 20.5 Å². The topological polar surface area (TPSA) is 158 Å². The van der Waals surface area contributed by atoms with Crippen molar-refractivity contribution in [1.82, 2.24) is 5.32 Å². The number of hydrogen-bond acceptors (Lipinski definition) is 7. The van der Waals surface area contributed by atoms with Crippen molar-refractivity contribution in [2.45, 2.75) is 18.9 Å². The van der Waals surface area contributed by atoms with Gasteiger partial charge in [0.15, 0.2) is 12.4 Å². The normalized spacial score (nSPS) is 14.7. The van der Waals surface area contributed by atoms with Crippen LogP contribution in [-0.2, 0) is 14.4 Å². The van der Waals surface area contributed by atoms with Gasteiger partial charge in [-0.15, -0.1) is 0 Å². The number of benzene rings is 1. The molecule has 0 spiro atoms. The first kappa shape index (κ1) is 20.6. The zero-order valence-electron chi connectivity index (χ0n) is 15.6. The van der Waals surface area contributed by atoms with E-state index < -0.39 is 30.4 Å². The van der Waals surface area contributed by atoms with Crippen LogP contribution in [0.1, 0.15) is 29.0 Å². The molecule has 0 aliphatic carbocycles. The molecular formula is C20H18N2O8. The molecule has 0 saturated carbocycles. The van der Waals surface area contributed by atoms with Crippen LogP contribution in [0.5, 0.6) is 11.5 Å². The van der Waals surface area contributed by atoms with Gasteiger partial charge in [-0.2, -0.15) is 0 Å². The summed E-state index contributed by atoms with van der Waals surface area (Å²) in [5.74, 6) is -1.89. The predicted octanol–water partition coefficient (Wildman–Crippen LogP) is 1.11. The molecule has 2 heterocycles. The molecule has 1 atom stereocenters. The Morgan fingerprint density at radius 3 is 2.73 bits per heavy atom. The number of carbonyl (C=O) groups is 4. The van der Waals surface area contributed by atoms with Gasteiger partial charge in [0.2, 0.25) is 11.7 Å². The van der Waals surface area contributed by atoms with Crippen LogP contribution in [0.15, 0.2) is 46.8 Å². The van der Waals surface area contributed by atoms with E-state index in [0.29, 0.717) is 11.3 Å². The Balaban J connectivity index is 1.59. The number of aliphatic carboxylic acids is 1. The van der Waals surface area contributed by atoms with Gasteiger partial charge in [-0.05, 0) is 30.7 Å². The van der Waals surface area contributed by atoms with Gasteiger partial charge in [-0.1, -0.05) is 0 Å². The number of furan rings is 1. The van der Waals surface area contributed by atoms with Crippen LogP contribution in [0.2, 0.25) is 0 Å². The second-order valence-corrected chi connectivity index (χ2v) is 6.37. The number of carboxylic acids is 1. The maximum atomic E-state index is 12.4. The SMILES string of the molecule is NC(=O)CCC(NC(=O)COc1ccc2c(c1)OC(=Cc1ccco1)C2=O)C(=O)O. The molecule has 1 aliphatic rings. The fourth-order valence-corrected chi connectivity index (χ4v) is 2.69. The average molecular weight is 414 g/mol. The lowest BCUT2D eigenvalue weighted by Gasteiger charge is -2.14. The van der Waals surface area contributed by atoms with Crippen molar-refractivity contribution in [2.75, 3.05) is 6.61 Å². The summed E-state index contributed by atoms with van der Waals surface area (Å²) in [7, 11) is 0. The lowest BCUT2D eigenvalue weighted by Crippen LogP contribution is -2.43. The first-order chi connectivity index (χ1) is 14.3. The smallest absolute Gasteiger partial charge is 0.326 e. The van der Waals surface area contributed by atoms with Gasteiger partial charge in [0, 0.05) is 18.6 Å². The van der Waals surface area contributed by atoms with E-state index in [2.05, 4.69) is 5.32 Å². The number of carboxylic acid groups (broad SMARTS) is 1. The number of rotatable bonds is 9. The predicted molar refractivity (Wildman–Crippen MR) is 102 cm³/mol. The molecule has 1 aromatic heterocycles. The third-order valence-corrected chi connectivity index (χ3v) is 4.14. The summed E-state index contributed by atoms with van der Waals surface area (Å²) in [4.78, 5) is 46.3. The molecule has 1 unspecified atom stereocenters. The Bertz CT molecular complexity index is 1010. The van der Waals surface area contributed by atoms with E-state index in [-0.39, 0.29) is 35.9 Å². The van der Waals surface area contributed by atoms with Crippen molar-refractivity contribution >= 4 is 29.6 Å². The Hall–Kier alpha value is -4.08. The zero-order chi connectivity index (χ0) is 21.7. The molecule has 30 heavy (non-hydrogen) atoms. The number of amides is 2. The fourth-order valence-electron chi connectivity index (χ4n) is 2.69. The fraction of sp³-hybridized carbons (Fsp3) is 0.200. The Morgan fingerprint density at radius 1 is 1.27 bits per heavy atom. The maximum absolute atomic E-state index is 12.4. The molecule has 1 aromatic carbocycles. The van der Waals surface area contributed by atoms with Crippen molar-refractivity contribution in [1.29, 1.82) is 0 Å². The first-order valence-corrected chi connectivity index (χ1v) is 8.88. The zero-order valence-corrected chi connectivity index (χ0v) is 15.6. The minimum absolute atomic E-state index is 0.0913. The van der Waals surface area contributed by atoms with Gasteiger partial charge in [0.05, 0.1) is 11.8 Å². The van der Waals surface area contributed by atoms with Gasteiger partial charge in [0.1, 0.15) is 23.3 Å². The molecule has 0 radical (unpaired) electrons. The lowest BCUT2D eigenvalue weighted by molar-refractivity contribution is -0.142. The van der Waals surface area contributed by atoms with Gasteiger partial charge < -0.3 is 30.0 Å². The molecule has 1 aliphatic heterocycles. The number of primary amides is 1. The molecule has 10 nitrogen and oxygen atoms in total. The van der Waals surface area contributed by atoms with E-state index in [9.17, 15) is 19.2 Å². The summed E-state index contributed by atoms with van der Waals surface area (Å²) in [6, 6.07) is 6.53. The second kappa shape index (κ2) is 8.95. The highest BCUT2D eigenvalue weighted by molar-refractivity contribution is 6.14. The Labute approximate surface area is 170 Å². The van der Waals surface area contributed by atoms with Crippen LogP contribution in [0, 0.1) is 0 Å². The highest BCUT2D eigenvalue weighted by Gasteiger charge is 2.28. The molecule has 0 fully saturated rings. The number of carbonyl (C=O) groups excluding carboxylic acids is 3. The summed E-state index contributed by atoms with van der Waals surface area (Å²) in [5, 5.41) is 11.4. The highest BCUT2D eigenvalue weighted by atomic mass is 16.5. The van der Waals surface area contributed by atoms with Gasteiger partial charge in [-0.25, -0.2) is 4.79 Å². The molecule has 2 amide bonds. The van der Waals surface area contributed by atoms with Crippen molar-refractivity contribution in [2.24, 2.45) is 5.73 Å². The number of nitrogens with one attached hydrogen (secondary N) is 1. The van der Waals surface area contributed by atoms with Crippen LogP contribution in [0.4, 0.5) is 0 Å². The van der Waals surface area contributed by atoms with Gasteiger partial charge in [-0.3, -0.25) is 14.4 Å². The second-order valence-electron chi connectivity index (χ2n) is 6.37. The number of allylic oxidation sites excluding steroid dienone is 1. The van der Waals surface area contributed by atoms with E-state index >= 15 is 0 Å². The summed E-state index contributed by atoms with van der Waals surface area (Å²) >= 11 is 0. The van der Waals surface area contributed by atoms with E-state index in [1.165, 1.54) is 30.5 Å². The molecule has 2 aromatic rings. The minimum Gasteiger partial charge on any atom is -0.484 e. The molecule has 0 saturated heterocycles. The first-order valence-electron chi connectivity index (χ1n) is 8.88. The van der Waals surface area contributed by atoms with Crippen LogP contribution in [0.25, 0.3) is 6.08 Å². The summed E-state index contributed by atoms with van der Waals surface area (Å²) in [5.41, 5.74) is 5.33. The maximum Gasteiger partial charge on any atom is 0.326 e. The standard InChI is InChI=1S/C20H18N2O8/c21-17(23)6-5-14(20(26)27)22-18(24)10-29-12-3-4-13-15(8-12)30-16(19(13)25)9-11-2-1-7-28-11/h1-4,7-9,14H,5-6,10H2,(H2,21,23)(H,22,24)(H,26,27). The van der Waals surface area contributed by atoms with Crippen molar-refractivity contribution in [3.63, 3.8) is 0 Å². The molecule has 4 N–H and O–H groups in total. The van der Waals surface area contributed by atoms with Crippen molar-refractivity contribution in [3.05, 3.63) is 53.7 Å². The quantitative estimate of drug-likeness (QED) is 0.515. The van der Waals surface area contributed by atoms with E-state index in [1.54, 1.807) is 12.1 Å². The number of ketones is 1. The highest BCUT2D eigenvalue weighted by Crippen LogP contribution is 2.34. The van der Waals surface area contributed by atoms with Crippen LogP contribution in [-0.4, -0.2) is 41.3 Å². The third kappa shape index (κ3) is 5.04. The van der Waals surface area contributed by atoms with Crippen LogP contribution in [0.3, 0.4) is 0 Å². The Morgan fingerprint density at radius 2 is 2.07 bits per heavy atom. The number of fused-ring (bicyclic) bond motifs is 1. The van der Waals surface area contributed by atoms with E-state index in [0.717, 1.165) is 0 Å². The number of Topliss-reactive ketones (excluding diaryl/α,β-unsaturated/α-hetero) is 1. The number of ether oxygens (including phenoxy) is 2. The average Bonchev–Trinajstić information content (AvgIpc) is 3.31. The third-order valence-electron chi connectivity index (χ3n) is 4.14. The minimum atomic E-state index is -1.29. The summed E-state index contributed by atoms with van der Waals surface area (Å²) in [6.45, 7) is -0.470. The monoisotopic (exact) mass is 414 g/mol. The molecule has 3 rings (SSSR count). The Kier molecular flexibility index (Phi) is 6.16. The van der Waals surface area contributed by atoms with Gasteiger partial charge >= 0.3 is 5.97 Å². The number of hydrogen-bond donors (Lipinski definition) is 3. The molecule has 156 valence electrons. The molecular weight excluding hydrogens is 396 g/mol. The molecule has 10 heteroatoms. The van der Waals surface area contributed by atoms with Crippen molar-refractivity contribution in [3.8, 4) is 11.5 Å². The summed E-state index contributed by atoms with van der Waals surface area (Å²) in [6.07, 6.45) is 2.63. The summed E-state index contributed by atoms with van der Waals surface area (Å²) < 4.78 is 16.1. The molecule has 0 bridgehead atoms. The number of nitrogens with two attached hydrogens (primary N) is 1. The van der Waals surface area contributed by atoms with Crippen LogP contribution >= 0.6 is 0 Å². The van der Waals surface area contributed by atoms with Gasteiger partial charge in [0.25, 0.3) is 5.91 Å². The largest absolute Gasteiger partial charge is 0.484 e. The van der Waals surface area contributed by atoms with E-state index in [1.807, 2.05) is 0 Å². The van der Waals surface area contributed by atoms with E-state index in [4.69, 9.17) is 24.7 Å².